The number of aromatic nitrogens is 2. The van der Waals surface area contributed by atoms with Gasteiger partial charge in [-0.1, -0.05) is 42.5 Å². The molecule has 1 aromatic heterocycles. The average Bonchev–Trinajstić information content (AvgIpc) is 2.88. The number of thiocarbonyl (C=S) groups is 1. The van der Waals surface area contributed by atoms with E-state index in [0.29, 0.717) is 11.7 Å². The lowest BCUT2D eigenvalue weighted by Crippen LogP contribution is -2.27. The standard InChI is InChI=1S/C20H21BrN4S/c1-14-19(21)15(2)25(24-14)13-17-9-6-10-18(11-17)23-20(26)22-12-16-7-4-3-5-8-16/h3-11H,12-13H2,1-2H3,(H2,22,23,26). The van der Waals surface area contributed by atoms with Crippen molar-refractivity contribution in [1.82, 2.24) is 15.1 Å². The molecule has 0 aliphatic heterocycles. The van der Waals surface area contributed by atoms with Gasteiger partial charge in [0, 0.05) is 12.2 Å². The fourth-order valence-corrected chi connectivity index (χ4v) is 3.18. The average molecular weight is 429 g/mol. The van der Waals surface area contributed by atoms with Gasteiger partial charge in [-0.05, 0) is 65.3 Å². The minimum atomic E-state index is 0.611. The second kappa shape index (κ2) is 8.47. The minimum Gasteiger partial charge on any atom is -0.358 e. The first kappa shape index (κ1) is 18.6. The third-order valence-corrected chi connectivity index (χ3v) is 5.50. The van der Waals surface area contributed by atoms with E-state index in [2.05, 4.69) is 62.9 Å². The van der Waals surface area contributed by atoms with Gasteiger partial charge in [0.05, 0.1) is 22.4 Å². The molecule has 0 radical (unpaired) electrons. The van der Waals surface area contributed by atoms with Crippen LogP contribution in [-0.4, -0.2) is 14.9 Å². The first-order chi connectivity index (χ1) is 12.5. The number of halogens is 1. The number of aryl methyl sites for hydroxylation is 1. The van der Waals surface area contributed by atoms with Gasteiger partial charge in [-0.3, -0.25) is 4.68 Å². The van der Waals surface area contributed by atoms with Crippen LogP contribution in [0.1, 0.15) is 22.5 Å². The summed E-state index contributed by atoms with van der Waals surface area (Å²) in [6.07, 6.45) is 0. The van der Waals surface area contributed by atoms with E-state index in [1.54, 1.807) is 0 Å². The van der Waals surface area contributed by atoms with E-state index in [1.165, 1.54) is 11.1 Å². The van der Waals surface area contributed by atoms with E-state index in [-0.39, 0.29) is 0 Å². The molecule has 0 amide bonds. The zero-order valence-electron chi connectivity index (χ0n) is 14.8. The van der Waals surface area contributed by atoms with Crippen molar-refractivity contribution in [3.8, 4) is 0 Å². The summed E-state index contributed by atoms with van der Waals surface area (Å²) in [5.41, 5.74) is 5.46. The number of anilines is 1. The van der Waals surface area contributed by atoms with Gasteiger partial charge >= 0.3 is 0 Å². The largest absolute Gasteiger partial charge is 0.358 e. The molecule has 0 unspecified atom stereocenters. The Morgan fingerprint density at radius 3 is 2.50 bits per heavy atom. The molecule has 2 aromatic carbocycles. The van der Waals surface area contributed by atoms with Gasteiger partial charge in [0.15, 0.2) is 5.11 Å². The molecule has 2 N–H and O–H groups in total. The number of hydrogen-bond acceptors (Lipinski definition) is 2. The Morgan fingerprint density at radius 1 is 1.08 bits per heavy atom. The van der Waals surface area contributed by atoms with Crippen molar-refractivity contribution in [2.24, 2.45) is 0 Å². The molecule has 0 saturated carbocycles. The smallest absolute Gasteiger partial charge is 0.171 e. The maximum Gasteiger partial charge on any atom is 0.171 e. The lowest BCUT2D eigenvalue weighted by molar-refractivity contribution is 0.659. The van der Waals surface area contributed by atoms with Gasteiger partial charge < -0.3 is 10.6 Å². The molecule has 4 nitrogen and oxygen atoms in total. The molecule has 0 bridgehead atoms. The predicted molar refractivity (Wildman–Crippen MR) is 114 cm³/mol. The van der Waals surface area contributed by atoms with Crippen LogP contribution in [0.3, 0.4) is 0 Å². The summed E-state index contributed by atoms with van der Waals surface area (Å²) in [6, 6.07) is 18.4. The summed E-state index contributed by atoms with van der Waals surface area (Å²) in [5, 5.41) is 11.7. The van der Waals surface area contributed by atoms with Crippen LogP contribution in [0.5, 0.6) is 0 Å². The topological polar surface area (TPSA) is 41.9 Å². The Labute approximate surface area is 167 Å². The third-order valence-electron chi connectivity index (χ3n) is 4.11. The number of hydrogen-bond donors (Lipinski definition) is 2. The number of benzene rings is 2. The van der Waals surface area contributed by atoms with Crippen LogP contribution in [0.15, 0.2) is 59.1 Å². The van der Waals surface area contributed by atoms with Crippen LogP contribution in [0.4, 0.5) is 5.69 Å². The molecule has 0 fully saturated rings. The quantitative estimate of drug-likeness (QED) is 0.572. The SMILES string of the molecule is Cc1nn(Cc2cccc(NC(=S)NCc3ccccc3)c2)c(C)c1Br. The number of nitrogens with zero attached hydrogens (tertiary/aromatic N) is 2. The molecule has 0 atom stereocenters. The molecule has 0 spiro atoms. The van der Waals surface area contributed by atoms with Crippen molar-refractivity contribution >= 4 is 38.9 Å². The van der Waals surface area contributed by atoms with Gasteiger partial charge in [-0.15, -0.1) is 0 Å². The van der Waals surface area contributed by atoms with Crippen LogP contribution in [0.2, 0.25) is 0 Å². The summed E-state index contributed by atoms with van der Waals surface area (Å²) in [7, 11) is 0. The molecule has 0 saturated heterocycles. The summed E-state index contributed by atoms with van der Waals surface area (Å²) >= 11 is 8.98. The summed E-state index contributed by atoms with van der Waals surface area (Å²) in [5.74, 6) is 0. The maximum atomic E-state index is 5.40. The van der Waals surface area contributed by atoms with E-state index in [9.17, 15) is 0 Å². The highest BCUT2D eigenvalue weighted by Gasteiger charge is 2.09. The van der Waals surface area contributed by atoms with Crippen LogP contribution in [-0.2, 0) is 13.1 Å². The lowest BCUT2D eigenvalue weighted by atomic mass is 10.2. The molecule has 3 rings (SSSR count). The van der Waals surface area contributed by atoms with Crippen LogP contribution >= 0.6 is 28.1 Å². The molecule has 0 aliphatic carbocycles. The van der Waals surface area contributed by atoms with Crippen molar-refractivity contribution < 1.29 is 0 Å². The molecule has 26 heavy (non-hydrogen) atoms. The molecule has 134 valence electrons. The maximum absolute atomic E-state index is 5.40. The molecule has 6 heteroatoms. The Kier molecular flexibility index (Phi) is 6.06. The monoisotopic (exact) mass is 428 g/mol. The summed E-state index contributed by atoms with van der Waals surface area (Å²) in [4.78, 5) is 0. The molecular weight excluding hydrogens is 408 g/mol. The van der Waals surface area contributed by atoms with Crippen molar-refractivity contribution in [2.75, 3.05) is 5.32 Å². The second-order valence-electron chi connectivity index (χ2n) is 6.14. The highest BCUT2D eigenvalue weighted by molar-refractivity contribution is 9.10. The first-order valence-corrected chi connectivity index (χ1v) is 9.60. The Hall–Kier alpha value is -2.18. The fraction of sp³-hybridized carbons (Fsp3) is 0.200. The van der Waals surface area contributed by atoms with Gasteiger partial charge in [0.2, 0.25) is 0 Å². The van der Waals surface area contributed by atoms with Crippen LogP contribution in [0, 0.1) is 13.8 Å². The zero-order chi connectivity index (χ0) is 18.5. The Morgan fingerprint density at radius 2 is 1.81 bits per heavy atom. The Balaban J connectivity index is 1.61. The van der Waals surface area contributed by atoms with Gasteiger partial charge in [-0.25, -0.2) is 0 Å². The fourth-order valence-electron chi connectivity index (χ4n) is 2.70. The van der Waals surface area contributed by atoms with Crippen molar-refractivity contribution in [3.63, 3.8) is 0 Å². The lowest BCUT2D eigenvalue weighted by Gasteiger charge is -2.12. The number of rotatable bonds is 5. The zero-order valence-corrected chi connectivity index (χ0v) is 17.2. The van der Waals surface area contributed by atoms with Crippen LogP contribution < -0.4 is 10.6 Å². The molecular formula is C20H21BrN4S. The number of nitrogens with one attached hydrogen (secondary N) is 2. The van der Waals surface area contributed by atoms with Crippen LogP contribution in [0.25, 0.3) is 0 Å². The second-order valence-corrected chi connectivity index (χ2v) is 7.34. The molecule has 1 heterocycles. The highest BCUT2D eigenvalue weighted by Crippen LogP contribution is 2.21. The first-order valence-electron chi connectivity index (χ1n) is 8.40. The Bertz CT molecular complexity index is 905. The van der Waals surface area contributed by atoms with E-state index < -0.39 is 0 Å². The summed E-state index contributed by atoms with van der Waals surface area (Å²) in [6.45, 7) is 5.49. The normalized spacial score (nSPS) is 10.6. The predicted octanol–water partition coefficient (Wildman–Crippen LogP) is 4.80. The van der Waals surface area contributed by atoms with Gasteiger partial charge in [-0.2, -0.15) is 5.10 Å². The van der Waals surface area contributed by atoms with Crippen molar-refractivity contribution in [3.05, 3.63) is 81.6 Å². The van der Waals surface area contributed by atoms with Gasteiger partial charge in [0.25, 0.3) is 0 Å². The molecule has 0 aliphatic rings. The molecule has 3 aromatic rings. The van der Waals surface area contributed by atoms with Crippen molar-refractivity contribution in [1.29, 1.82) is 0 Å². The van der Waals surface area contributed by atoms with E-state index in [1.807, 2.05) is 41.9 Å². The minimum absolute atomic E-state index is 0.611. The van der Waals surface area contributed by atoms with E-state index in [4.69, 9.17) is 12.2 Å². The van der Waals surface area contributed by atoms with Crippen molar-refractivity contribution in [2.45, 2.75) is 26.9 Å². The highest BCUT2D eigenvalue weighted by atomic mass is 79.9. The van der Waals surface area contributed by atoms with E-state index in [0.717, 1.165) is 28.1 Å². The third kappa shape index (κ3) is 4.71. The summed E-state index contributed by atoms with van der Waals surface area (Å²) < 4.78 is 3.07. The van der Waals surface area contributed by atoms with E-state index >= 15 is 0 Å². The van der Waals surface area contributed by atoms with Gasteiger partial charge in [0.1, 0.15) is 0 Å².